The van der Waals surface area contributed by atoms with Gasteiger partial charge in [0, 0.05) is 18.2 Å². The average molecular weight is 587 g/mol. The molecule has 0 amide bonds. The maximum absolute atomic E-state index is 5.11. The SMILES string of the molecule is CCCCCCCCCCCCCCCCCc1cn(C(C)CCCCCCCCCCCCCCC)c(C(C)C)n1. The van der Waals surface area contributed by atoms with Crippen LogP contribution in [0.5, 0.6) is 0 Å². The van der Waals surface area contributed by atoms with E-state index in [1.54, 1.807) is 0 Å². The average Bonchev–Trinajstić information content (AvgIpc) is 3.42. The molecule has 2 nitrogen and oxygen atoms in total. The number of imidazole rings is 1. The molecule has 1 atom stereocenters. The molecule has 0 saturated carbocycles. The molecule has 0 bridgehead atoms. The monoisotopic (exact) mass is 587 g/mol. The molecule has 0 aromatic carbocycles. The molecular weight excluding hydrogens is 508 g/mol. The second kappa shape index (κ2) is 29.0. The molecule has 248 valence electrons. The minimum atomic E-state index is 0.508. The highest BCUT2D eigenvalue weighted by atomic mass is 15.1. The van der Waals surface area contributed by atoms with Gasteiger partial charge in [-0.3, -0.25) is 0 Å². The van der Waals surface area contributed by atoms with Crippen molar-refractivity contribution in [3.05, 3.63) is 17.7 Å². The van der Waals surface area contributed by atoms with Crippen LogP contribution in [0.3, 0.4) is 0 Å². The van der Waals surface area contributed by atoms with E-state index >= 15 is 0 Å². The van der Waals surface area contributed by atoms with Crippen LogP contribution in [0.15, 0.2) is 6.20 Å². The van der Waals surface area contributed by atoms with Crippen molar-refractivity contribution in [2.45, 2.75) is 239 Å². The smallest absolute Gasteiger partial charge is 0.111 e. The van der Waals surface area contributed by atoms with Gasteiger partial charge in [0.25, 0.3) is 0 Å². The van der Waals surface area contributed by atoms with E-state index in [0.717, 1.165) is 6.42 Å². The highest BCUT2D eigenvalue weighted by Gasteiger charge is 2.15. The summed E-state index contributed by atoms with van der Waals surface area (Å²) in [6, 6.07) is 0.581. The van der Waals surface area contributed by atoms with E-state index in [1.807, 2.05) is 0 Å². The van der Waals surface area contributed by atoms with Gasteiger partial charge in [-0.25, -0.2) is 4.98 Å². The number of rotatable bonds is 32. The lowest BCUT2D eigenvalue weighted by Crippen LogP contribution is -2.09. The van der Waals surface area contributed by atoms with Crippen LogP contribution in [0.2, 0.25) is 0 Å². The molecule has 0 saturated heterocycles. The first kappa shape index (κ1) is 39.2. The van der Waals surface area contributed by atoms with Gasteiger partial charge in [0.05, 0.1) is 5.69 Å². The van der Waals surface area contributed by atoms with E-state index in [1.165, 1.54) is 198 Å². The van der Waals surface area contributed by atoms with Crippen molar-refractivity contribution in [1.29, 1.82) is 0 Å². The molecule has 0 aliphatic rings. The van der Waals surface area contributed by atoms with E-state index in [0.29, 0.717) is 12.0 Å². The van der Waals surface area contributed by atoms with Gasteiger partial charge in [0.15, 0.2) is 0 Å². The lowest BCUT2D eigenvalue weighted by atomic mass is 10.0. The lowest BCUT2D eigenvalue weighted by Gasteiger charge is -2.18. The number of hydrogen-bond donors (Lipinski definition) is 0. The molecule has 0 spiro atoms. The molecule has 1 heterocycles. The molecule has 2 heteroatoms. The fourth-order valence-electron chi connectivity index (χ4n) is 6.64. The van der Waals surface area contributed by atoms with Crippen molar-refractivity contribution in [3.8, 4) is 0 Å². The maximum Gasteiger partial charge on any atom is 0.111 e. The minimum Gasteiger partial charge on any atom is -0.332 e. The third kappa shape index (κ3) is 21.8. The van der Waals surface area contributed by atoms with Crippen LogP contribution in [0, 0.1) is 0 Å². The Labute approximate surface area is 266 Å². The van der Waals surface area contributed by atoms with Crippen LogP contribution in [0.1, 0.15) is 244 Å². The third-order valence-electron chi connectivity index (χ3n) is 9.56. The Bertz CT molecular complexity index is 675. The molecular formula is C40H78N2. The van der Waals surface area contributed by atoms with Crippen LogP contribution in [0.25, 0.3) is 0 Å². The molecule has 1 aromatic heterocycles. The standard InChI is InChI=1S/C40H78N2/c1-6-8-10-12-14-16-18-20-21-23-25-27-29-31-33-35-39-36-42(40(41-39)37(3)4)38(5)34-32-30-28-26-24-22-19-17-15-13-11-9-7-2/h36-38H,6-35H2,1-5H3. The highest BCUT2D eigenvalue weighted by Crippen LogP contribution is 2.24. The van der Waals surface area contributed by atoms with E-state index in [4.69, 9.17) is 4.98 Å². The first-order valence-corrected chi connectivity index (χ1v) is 19.7. The Hall–Kier alpha value is -0.790. The fourth-order valence-corrected chi connectivity index (χ4v) is 6.64. The summed E-state index contributed by atoms with van der Waals surface area (Å²) in [5, 5.41) is 0. The highest BCUT2D eigenvalue weighted by molar-refractivity contribution is 5.09. The Morgan fingerprint density at radius 2 is 0.810 bits per heavy atom. The van der Waals surface area contributed by atoms with Crippen LogP contribution >= 0.6 is 0 Å². The maximum atomic E-state index is 5.11. The summed E-state index contributed by atoms with van der Waals surface area (Å²) in [5.41, 5.74) is 1.34. The minimum absolute atomic E-state index is 0.508. The summed E-state index contributed by atoms with van der Waals surface area (Å²) in [7, 11) is 0. The Kier molecular flexibility index (Phi) is 27.0. The Morgan fingerprint density at radius 1 is 0.476 bits per heavy atom. The van der Waals surface area contributed by atoms with Crippen LogP contribution in [-0.4, -0.2) is 9.55 Å². The molecule has 0 radical (unpaired) electrons. The largest absolute Gasteiger partial charge is 0.332 e. The van der Waals surface area contributed by atoms with Crippen LogP contribution in [0.4, 0.5) is 0 Å². The third-order valence-corrected chi connectivity index (χ3v) is 9.56. The van der Waals surface area contributed by atoms with Gasteiger partial charge in [-0.2, -0.15) is 0 Å². The summed E-state index contributed by atoms with van der Waals surface area (Å²) in [6.07, 6.45) is 45.0. The summed E-state index contributed by atoms with van der Waals surface area (Å²) in [6.45, 7) is 11.7. The zero-order valence-corrected chi connectivity index (χ0v) is 29.8. The number of aromatic nitrogens is 2. The number of hydrogen-bond acceptors (Lipinski definition) is 1. The van der Waals surface area contributed by atoms with Crippen LogP contribution in [-0.2, 0) is 6.42 Å². The molecule has 0 N–H and O–H groups in total. The van der Waals surface area contributed by atoms with Crippen LogP contribution < -0.4 is 0 Å². The van der Waals surface area contributed by atoms with Crippen molar-refractivity contribution in [3.63, 3.8) is 0 Å². The Balaban J connectivity index is 2.07. The van der Waals surface area contributed by atoms with Gasteiger partial charge in [-0.1, -0.05) is 201 Å². The second-order valence-electron chi connectivity index (χ2n) is 14.2. The zero-order chi connectivity index (χ0) is 30.5. The van der Waals surface area contributed by atoms with Gasteiger partial charge in [-0.05, 0) is 26.2 Å². The molecule has 0 fully saturated rings. The second-order valence-corrected chi connectivity index (χ2v) is 14.2. The first-order valence-electron chi connectivity index (χ1n) is 19.7. The van der Waals surface area contributed by atoms with Gasteiger partial charge in [0.1, 0.15) is 5.82 Å². The predicted octanol–water partition coefficient (Wildman–Crippen LogP) is 14.5. The molecule has 1 aromatic rings. The van der Waals surface area contributed by atoms with E-state index < -0.39 is 0 Å². The summed E-state index contributed by atoms with van der Waals surface area (Å²) in [5.74, 6) is 1.82. The molecule has 42 heavy (non-hydrogen) atoms. The van der Waals surface area contributed by atoms with E-state index in [-0.39, 0.29) is 0 Å². The van der Waals surface area contributed by atoms with Crippen molar-refractivity contribution >= 4 is 0 Å². The van der Waals surface area contributed by atoms with Gasteiger partial charge in [-0.15, -0.1) is 0 Å². The normalized spacial score (nSPS) is 12.5. The summed E-state index contributed by atoms with van der Waals surface area (Å²) in [4.78, 5) is 5.11. The quantitative estimate of drug-likeness (QED) is 0.0768. The topological polar surface area (TPSA) is 17.8 Å². The van der Waals surface area contributed by atoms with Crippen molar-refractivity contribution in [1.82, 2.24) is 9.55 Å². The lowest BCUT2D eigenvalue weighted by molar-refractivity contribution is 0.447. The first-order chi connectivity index (χ1) is 20.6. The molecule has 0 aliphatic heterocycles. The zero-order valence-electron chi connectivity index (χ0n) is 29.8. The fraction of sp³-hybridized carbons (Fsp3) is 0.925. The molecule has 1 rings (SSSR count). The van der Waals surface area contributed by atoms with Gasteiger partial charge < -0.3 is 4.57 Å². The Morgan fingerprint density at radius 3 is 1.17 bits per heavy atom. The number of nitrogens with zero attached hydrogens (tertiary/aromatic N) is 2. The van der Waals surface area contributed by atoms with E-state index in [2.05, 4.69) is 45.4 Å². The summed E-state index contributed by atoms with van der Waals surface area (Å²) >= 11 is 0. The van der Waals surface area contributed by atoms with Crippen molar-refractivity contribution < 1.29 is 0 Å². The number of unbranched alkanes of at least 4 members (excludes halogenated alkanes) is 26. The number of aryl methyl sites for hydroxylation is 1. The molecule has 0 aliphatic carbocycles. The van der Waals surface area contributed by atoms with Gasteiger partial charge in [0.2, 0.25) is 0 Å². The predicted molar refractivity (Wildman–Crippen MR) is 190 cm³/mol. The van der Waals surface area contributed by atoms with E-state index in [9.17, 15) is 0 Å². The van der Waals surface area contributed by atoms with Gasteiger partial charge >= 0.3 is 0 Å². The summed E-state index contributed by atoms with van der Waals surface area (Å²) < 4.78 is 2.53. The van der Waals surface area contributed by atoms with Crippen molar-refractivity contribution in [2.75, 3.05) is 0 Å². The molecule has 1 unspecified atom stereocenters. The van der Waals surface area contributed by atoms with Crippen molar-refractivity contribution in [2.24, 2.45) is 0 Å².